The summed E-state index contributed by atoms with van der Waals surface area (Å²) in [6.45, 7) is 9.73. The summed E-state index contributed by atoms with van der Waals surface area (Å²) in [5.74, 6) is -2.33. The summed E-state index contributed by atoms with van der Waals surface area (Å²) in [6, 6.07) is 9.80. The van der Waals surface area contributed by atoms with Crippen molar-refractivity contribution < 1.29 is 37.6 Å². The second-order valence-electron chi connectivity index (χ2n) is 10.2. The molecule has 1 unspecified atom stereocenters. The van der Waals surface area contributed by atoms with Gasteiger partial charge in [0.15, 0.2) is 11.6 Å². The summed E-state index contributed by atoms with van der Waals surface area (Å²) >= 11 is 0. The van der Waals surface area contributed by atoms with Crippen LogP contribution in [0.3, 0.4) is 0 Å². The molecule has 0 saturated carbocycles. The third kappa shape index (κ3) is 4.49. The average Bonchev–Trinajstić information content (AvgIpc) is 3.42. The summed E-state index contributed by atoms with van der Waals surface area (Å²) in [6.07, 6.45) is -2.22. The third-order valence-corrected chi connectivity index (χ3v) is 6.71. The first-order valence-corrected chi connectivity index (χ1v) is 11.8. The van der Waals surface area contributed by atoms with E-state index in [-0.39, 0.29) is 11.9 Å². The number of rotatable bonds is 4. The van der Waals surface area contributed by atoms with Crippen molar-refractivity contribution in [3.63, 3.8) is 0 Å². The minimum Gasteiger partial charge on any atom is -0.465 e. The molecule has 0 bridgehead atoms. The van der Waals surface area contributed by atoms with Crippen molar-refractivity contribution in [1.29, 1.82) is 0 Å². The molecule has 3 fully saturated rings. The molecule has 3 aliphatic rings. The zero-order valence-corrected chi connectivity index (χ0v) is 20.8. The molecule has 2 aromatic rings. The molecule has 3 aliphatic heterocycles. The quantitative estimate of drug-likeness (QED) is 0.580. The highest BCUT2D eigenvalue weighted by atomic mass is 19.1. The van der Waals surface area contributed by atoms with E-state index in [1.807, 2.05) is 34.6 Å². The largest absolute Gasteiger partial charge is 0.465 e. The Morgan fingerprint density at radius 3 is 2.29 bits per heavy atom. The summed E-state index contributed by atoms with van der Waals surface area (Å²) in [4.78, 5) is 12.5. The number of benzene rings is 2. The van der Waals surface area contributed by atoms with Crippen molar-refractivity contribution >= 4 is 5.97 Å². The van der Waals surface area contributed by atoms with Crippen LogP contribution in [0, 0.1) is 12.7 Å². The number of halogens is 1. The Morgan fingerprint density at radius 1 is 0.971 bits per heavy atom. The Bertz CT molecular complexity index is 1130. The maximum Gasteiger partial charge on any atom is 0.337 e. The van der Waals surface area contributed by atoms with Gasteiger partial charge in [-0.2, -0.15) is 0 Å². The first-order chi connectivity index (χ1) is 16.5. The van der Waals surface area contributed by atoms with Crippen molar-refractivity contribution in [3.8, 4) is 11.1 Å². The van der Waals surface area contributed by atoms with Crippen LogP contribution in [0.1, 0.15) is 55.3 Å². The van der Waals surface area contributed by atoms with Crippen LogP contribution < -0.4 is 0 Å². The molecule has 3 heterocycles. The van der Waals surface area contributed by atoms with Crippen LogP contribution in [0.4, 0.5) is 4.39 Å². The van der Waals surface area contributed by atoms with E-state index in [0.717, 1.165) is 22.3 Å². The number of carbonyl (C=O) groups excluding carboxylic acids is 1. The molecular formula is C27H31FO7. The second kappa shape index (κ2) is 8.64. The standard InChI is InChI=1S/C27H31FO7/c1-14-11-16(25(29)30-6)12-18(20(14)15-7-9-17(28)10-8-15)21-23-24(35-27(4,5)34-23)22(32-21)19-13-31-26(2,3)33-19/h7-12,19,21-24H,13H2,1-6H3/t19?,21-,22-,23-,24+/m1/s1. The Balaban J connectivity index is 1.62. The summed E-state index contributed by atoms with van der Waals surface area (Å²) in [5.41, 5.74) is 3.62. The predicted molar refractivity (Wildman–Crippen MR) is 124 cm³/mol. The van der Waals surface area contributed by atoms with Gasteiger partial charge in [-0.3, -0.25) is 0 Å². The Hall–Kier alpha value is -2.36. The molecule has 0 aliphatic carbocycles. The van der Waals surface area contributed by atoms with E-state index in [2.05, 4.69) is 0 Å². The Morgan fingerprint density at radius 2 is 1.66 bits per heavy atom. The second-order valence-corrected chi connectivity index (χ2v) is 10.2. The molecule has 0 radical (unpaired) electrons. The fraction of sp³-hybridized carbons (Fsp3) is 0.519. The first kappa shape index (κ1) is 24.3. The summed E-state index contributed by atoms with van der Waals surface area (Å²) in [5, 5.41) is 0. The maximum atomic E-state index is 13.7. The average molecular weight is 487 g/mol. The minimum absolute atomic E-state index is 0.327. The topological polar surface area (TPSA) is 72.5 Å². The summed E-state index contributed by atoms with van der Waals surface area (Å²) in [7, 11) is 1.35. The van der Waals surface area contributed by atoms with Crippen LogP contribution in [0.15, 0.2) is 36.4 Å². The van der Waals surface area contributed by atoms with Gasteiger partial charge in [0.05, 0.1) is 19.3 Å². The van der Waals surface area contributed by atoms with Gasteiger partial charge in [0, 0.05) is 0 Å². The van der Waals surface area contributed by atoms with Gasteiger partial charge in [0.1, 0.15) is 36.3 Å². The van der Waals surface area contributed by atoms with Gasteiger partial charge < -0.3 is 28.4 Å². The minimum atomic E-state index is -0.824. The fourth-order valence-electron chi connectivity index (χ4n) is 5.34. The molecule has 0 amide bonds. The van der Waals surface area contributed by atoms with Crippen LogP contribution in [-0.2, 0) is 28.4 Å². The van der Waals surface area contributed by atoms with Crippen LogP contribution in [0.25, 0.3) is 11.1 Å². The first-order valence-electron chi connectivity index (χ1n) is 11.8. The fourth-order valence-corrected chi connectivity index (χ4v) is 5.34. The van der Waals surface area contributed by atoms with E-state index in [9.17, 15) is 9.18 Å². The highest BCUT2D eigenvalue weighted by Crippen LogP contribution is 2.50. The molecule has 0 N–H and O–H groups in total. The van der Waals surface area contributed by atoms with Crippen molar-refractivity contribution in [3.05, 3.63) is 58.9 Å². The lowest BCUT2D eigenvalue weighted by atomic mass is 9.88. The number of hydrogen-bond donors (Lipinski definition) is 0. The van der Waals surface area contributed by atoms with Gasteiger partial charge in [-0.05, 0) is 81.1 Å². The third-order valence-electron chi connectivity index (χ3n) is 6.71. The van der Waals surface area contributed by atoms with Crippen LogP contribution in [0.2, 0.25) is 0 Å². The number of ether oxygens (including phenoxy) is 6. The highest BCUT2D eigenvalue weighted by Gasteiger charge is 2.59. The van der Waals surface area contributed by atoms with Crippen LogP contribution in [-0.4, -0.2) is 55.7 Å². The monoisotopic (exact) mass is 486 g/mol. The van der Waals surface area contributed by atoms with Crippen LogP contribution in [0.5, 0.6) is 0 Å². The molecule has 8 heteroatoms. The molecule has 35 heavy (non-hydrogen) atoms. The van der Waals surface area contributed by atoms with Gasteiger partial charge in [-0.15, -0.1) is 0 Å². The van der Waals surface area contributed by atoms with Crippen molar-refractivity contribution in [1.82, 2.24) is 0 Å². The molecule has 0 aromatic heterocycles. The molecule has 2 aromatic carbocycles. The van der Waals surface area contributed by atoms with Gasteiger partial charge >= 0.3 is 5.97 Å². The molecule has 5 rings (SSSR count). The highest BCUT2D eigenvalue weighted by molar-refractivity contribution is 5.91. The normalized spacial score (nSPS) is 30.9. The van der Waals surface area contributed by atoms with Crippen molar-refractivity contribution in [2.45, 2.75) is 76.7 Å². The molecule has 7 nitrogen and oxygen atoms in total. The smallest absolute Gasteiger partial charge is 0.337 e. The van der Waals surface area contributed by atoms with E-state index < -0.39 is 42.0 Å². The van der Waals surface area contributed by atoms with E-state index in [1.54, 1.807) is 24.3 Å². The van der Waals surface area contributed by atoms with Gasteiger partial charge in [0.25, 0.3) is 0 Å². The van der Waals surface area contributed by atoms with E-state index in [0.29, 0.717) is 12.2 Å². The van der Waals surface area contributed by atoms with E-state index >= 15 is 0 Å². The molecule has 3 saturated heterocycles. The van der Waals surface area contributed by atoms with Crippen molar-refractivity contribution in [2.24, 2.45) is 0 Å². The maximum absolute atomic E-state index is 13.7. The number of aryl methyl sites for hydroxylation is 1. The van der Waals surface area contributed by atoms with Gasteiger partial charge in [0.2, 0.25) is 0 Å². The Labute approximate surface area is 204 Å². The Kier molecular flexibility index (Phi) is 6.01. The zero-order chi connectivity index (χ0) is 25.1. The summed E-state index contributed by atoms with van der Waals surface area (Å²) < 4.78 is 49.9. The predicted octanol–water partition coefficient (Wildman–Crippen LogP) is 4.70. The number of carbonyl (C=O) groups is 1. The zero-order valence-electron chi connectivity index (χ0n) is 20.8. The van der Waals surface area contributed by atoms with Crippen molar-refractivity contribution in [2.75, 3.05) is 13.7 Å². The number of methoxy groups -OCH3 is 1. The lowest BCUT2D eigenvalue weighted by Gasteiger charge is -2.28. The number of fused-ring (bicyclic) bond motifs is 1. The van der Waals surface area contributed by atoms with E-state index in [4.69, 9.17) is 28.4 Å². The lowest BCUT2D eigenvalue weighted by Crippen LogP contribution is -2.40. The molecule has 188 valence electrons. The SMILES string of the molecule is COC(=O)c1cc(C)c(-c2ccc(F)cc2)c([C@H]2O[C@H](C3COC(C)(C)O3)[C@@H]3OC(C)(C)O[C@@H]32)c1. The number of hydrogen-bond acceptors (Lipinski definition) is 7. The van der Waals surface area contributed by atoms with Crippen LogP contribution >= 0.6 is 0 Å². The van der Waals surface area contributed by atoms with Gasteiger partial charge in [-0.25, -0.2) is 9.18 Å². The molecule has 0 spiro atoms. The molecule has 5 atom stereocenters. The molecular weight excluding hydrogens is 455 g/mol. The van der Waals surface area contributed by atoms with E-state index in [1.165, 1.54) is 19.2 Å². The lowest BCUT2D eigenvalue weighted by molar-refractivity contribution is -0.207. The number of esters is 1. The van der Waals surface area contributed by atoms with Gasteiger partial charge in [-0.1, -0.05) is 12.1 Å².